The van der Waals surface area contributed by atoms with Gasteiger partial charge in [-0.3, -0.25) is 0 Å². The van der Waals surface area contributed by atoms with Crippen LogP contribution in [0.3, 0.4) is 0 Å². The highest BCUT2D eigenvalue weighted by atomic mass is 16.5. The van der Waals surface area contributed by atoms with E-state index in [1.807, 2.05) is 27.7 Å². The Morgan fingerprint density at radius 2 is 2.05 bits per heavy atom. The third-order valence-corrected chi connectivity index (χ3v) is 3.50. The minimum absolute atomic E-state index is 0.201. The van der Waals surface area contributed by atoms with Crippen LogP contribution in [0, 0.1) is 30.6 Å². The molecule has 1 atom stereocenters. The molecule has 1 aromatic heterocycles. The van der Waals surface area contributed by atoms with Crippen molar-refractivity contribution in [2.24, 2.45) is 5.41 Å². The first-order chi connectivity index (χ1) is 8.87. The second-order valence-corrected chi connectivity index (χ2v) is 5.87. The molecule has 1 aromatic rings. The number of unbranched alkanes of at least 4 members (excludes halogenated alkanes) is 1. The summed E-state index contributed by atoms with van der Waals surface area (Å²) in [5, 5.41) is 16.4. The van der Waals surface area contributed by atoms with E-state index >= 15 is 0 Å². The van der Waals surface area contributed by atoms with Crippen LogP contribution < -0.4 is 5.32 Å². The largest absolute Gasteiger partial charge is 0.361 e. The highest BCUT2D eigenvalue weighted by molar-refractivity contribution is 5.24. The molecule has 0 radical (unpaired) electrons. The first-order valence-electron chi connectivity index (χ1n) is 6.95. The Labute approximate surface area is 116 Å². The molecule has 0 saturated heterocycles. The number of hydrogen-bond acceptors (Lipinski definition) is 4. The van der Waals surface area contributed by atoms with Crippen molar-refractivity contribution in [3.8, 4) is 6.07 Å². The van der Waals surface area contributed by atoms with Gasteiger partial charge in [-0.05, 0) is 54.0 Å². The number of aromatic nitrogens is 1. The molecular weight excluding hydrogens is 238 g/mol. The fraction of sp³-hybridized carbons (Fsp3) is 0.733. The van der Waals surface area contributed by atoms with E-state index in [-0.39, 0.29) is 11.5 Å². The van der Waals surface area contributed by atoms with Crippen molar-refractivity contribution in [2.75, 3.05) is 6.54 Å². The van der Waals surface area contributed by atoms with Crippen molar-refractivity contribution >= 4 is 0 Å². The van der Waals surface area contributed by atoms with Gasteiger partial charge in [0, 0.05) is 11.6 Å². The Morgan fingerprint density at radius 3 is 2.58 bits per heavy atom. The molecular formula is C15H25N3O. The van der Waals surface area contributed by atoms with Crippen molar-refractivity contribution in [3.05, 3.63) is 17.0 Å². The molecule has 0 fully saturated rings. The molecule has 0 amide bonds. The summed E-state index contributed by atoms with van der Waals surface area (Å²) in [6, 6.07) is 2.60. The lowest BCUT2D eigenvalue weighted by molar-refractivity contribution is 0.390. The summed E-state index contributed by atoms with van der Waals surface area (Å²) < 4.78 is 5.18. The standard InChI is InChI=1S/C15H25N3O/c1-11(14-12(2)18-19-13(14)3)17-9-7-6-8-15(4,5)10-16/h11,17H,6-9H2,1-5H3. The molecule has 0 bridgehead atoms. The maximum Gasteiger partial charge on any atom is 0.138 e. The molecule has 1 rings (SSSR count). The molecule has 0 aliphatic heterocycles. The molecule has 4 nitrogen and oxygen atoms in total. The van der Waals surface area contributed by atoms with E-state index < -0.39 is 0 Å². The molecule has 4 heteroatoms. The lowest BCUT2D eigenvalue weighted by Gasteiger charge is -2.16. The molecule has 19 heavy (non-hydrogen) atoms. The van der Waals surface area contributed by atoms with Crippen molar-refractivity contribution in [3.63, 3.8) is 0 Å². The first-order valence-corrected chi connectivity index (χ1v) is 6.95. The third-order valence-electron chi connectivity index (χ3n) is 3.50. The Kier molecular flexibility index (Phi) is 5.56. The van der Waals surface area contributed by atoms with Gasteiger partial charge in [0.05, 0.1) is 17.2 Å². The number of nitrogens with one attached hydrogen (secondary N) is 1. The molecule has 1 N–H and O–H groups in total. The third kappa shape index (κ3) is 4.68. The van der Waals surface area contributed by atoms with Crippen molar-refractivity contribution < 1.29 is 4.52 Å². The van der Waals surface area contributed by atoms with Gasteiger partial charge in [0.2, 0.25) is 0 Å². The molecule has 0 saturated carbocycles. The maximum absolute atomic E-state index is 8.94. The van der Waals surface area contributed by atoms with Gasteiger partial charge in [0.15, 0.2) is 0 Å². The van der Waals surface area contributed by atoms with E-state index in [9.17, 15) is 0 Å². The highest BCUT2D eigenvalue weighted by Gasteiger charge is 2.17. The average Bonchev–Trinajstić information content (AvgIpc) is 2.68. The summed E-state index contributed by atoms with van der Waals surface area (Å²) in [6.07, 6.45) is 3.10. The van der Waals surface area contributed by atoms with Gasteiger partial charge in [-0.25, -0.2) is 0 Å². The number of nitriles is 1. The molecule has 0 aliphatic rings. The van der Waals surface area contributed by atoms with Crippen LogP contribution in [0.2, 0.25) is 0 Å². The topological polar surface area (TPSA) is 61.9 Å². The number of aryl methyl sites for hydroxylation is 2. The van der Waals surface area contributed by atoms with E-state index in [1.165, 1.54) is 0 Å². The molecule has 0 aromatic carbocycles. The zero-order valence-electron chi connectivity index (χ0n) is 12.7. The number of nitrogens with zero attached hydrogens (tertiary/aromatic N) is 2. The van der Waals surface area contributed by atoms with Crippen LogP contribution in [0.4, 0.5) is 0 Å². The normalized spacial score (nSPS) is 13.3. The van der Waals surface area contributed by atoms with E-state index in [4.69, 9.17) is 9.78 Å². The second kappa shape index (κ2) is 6.72. The monoisotopic (exact) mass is 263 g/mol. The van der Waals surface area contributed by atoms with Crippen molar-refractivity contribution in [2.45, 2.75) is 59.9 Å². The average molecular weight is 263 g/mol. The number of hydrogen-bond donors (Lipinski definition) is 1. The molecule has 106 valence electrons. The minimum Gasteiger partial charge on any atom is -0.361 e. The fourth-order valence-electron chi connectivity index (χ4n) is 2.28. The summed E-state index contributed by atoms with van der Waals surface area (Å²) >= 11 is 0. The Balaban J connectivity index is 2.29. The van der Waals surface area contributed by atoms with Crippen molar-refractivity contribution in [1.82, 2.24) is 10.5 Å². The van der Waals surface area contributed by atoms with Gasteiger partial charge < -0.3 is 9.84 Å². The van der Waals surface area contributed by atoms with Crippen LogP contribution in [-0.4, -0.2) is 11.7 Å². The molecule has 1 heterocycles. The lowest BCUT2D eigenvalue weighted by atomic mass is 9.89. The van der Waals surface area contributed by atoms with E-state index in [0.29, 0.717) is 0 Å². The SMILES string of the molecule is Cc1noc(C)c1C(C)NCCCCC(C)(C)C#N. The predicted molar refractivity (Wildman–Crippen MR) is 75.6 cm³/mol. The summed E-state index contributed by atoms with van der Waals surface area (Å²) in [4.78, 5) is 0. The predicted octanol–water partition coefficient (Wildman–Crippen LogP) is 3.66. The van der Waals surface area contributed by atoms with Gasteiger partial charge in [0.25, 0.3) is 0 Å². The summed E-state index contributed by atoms with van der Waals surface area (Å²) in [5.41, 5.74) is 1.92. The van der Waals surface area contributed by atoms with Gasteiger partial charge in [-0.15, -0.1) is 0 Å². The van der Waals surface area contributed by atoms with Gasteiger partial charge in [0.1, 0.15) is 5.76 Å². The van der Waals surface area contributed by atoms with Crippen LogP contribution in [0.25, 0.3) is 0 Å². The molecule has 0 spiro atoms. The Bertz CT molecular complexity index is 423. The zero-order valence-corrected chi connectivity index (χ0v) is 12.7. The lowest BCUT2D eigenvalue weighted by Crippen LogP contribution is -2.21. The summed E-state index contributed by atoms with van der Waals surface area (Å²) in [7, 11) is 0. The summed E-state index contributed by atoms with van der Waals surface area (Å²) in [6.45, 7) is 11.0. The van der Waals surface area contributed by atoms with Crippen LogP contribution in [0.5, 0.6) is 0 Å². The van der Waals surface area contributed by atoms with Crippen molar-refractivity contribution in [1.29, 1.82) is 5.26 Å². The van der Waals surface area contributed by atoms with Crippen LogP contribution >= 0.6 is 0 Å². The smallest absolute Gasteiger partial charge is 0.138 e. The molecule has 1 unspecified atom stereocenters. The van der Waals surface area contributed by atoms with Gasteiger partial charge >= 0.3 is 0 Å². The van der Waals surface area contributed by atoms with Crippen LogP contribution in [0.1, 0.15) is 63.1 Å². The Morgan fingerprint density at radius 1 is 1.37 bits per heavy atom. The maximum atomic E-state index is 8.94. The van der Waals surface area contributed by atoms with Gasteiger partial charge in [-0.1, -0.05) is 11.6 Å². The Hall–Kier alpha value is -1.34. The van der Waals surface area contributed by atoms with E-state index in [0.717, 1.165) is 42.8 Å². The highest BCUT2D eigenvalue weighted by Crippen LogP contribution is 2.22. The minimum atomic E-state index is -0.201. The second-order valence-electron chi connectivity index (χ2n) is 5.87. The fourth-order valence-corrected chi connectivity index (χ4v) is 2.28. The van der Waals surface area contributed by atoms with Gasteiger partial charge in [-0.2, -0.15) is 5.26 Å². The zero-order chi connectivity index (χ0) is 14.5. The van der Waals surface area contributed by atoms with Crippen LogP contribution in [0.15, 0.2) is 4.52 Å². The number of rotatable bonds is 7. The molecule has 0 aliphatic carbocycles. The van der Waals surface area contributed by atoms with Crippen LogP contribution in [-0.2, 0) is 0 Å². The van der Waals surface area contributed by atoms with E-state index in [2.05, 4.69) is 23.5 Å². The summed E-state index contributed by atoms with van der Waals surface area (Å²) in [5.74, 6) is 0.892. The quantitative estimate of drug-likeness (QED) is 0.762. The van der Waals surface area contributed by atoms with E-state index in [1.54, 1.807) is 0 Å². The first kappa shape index (κ1) is 15.7.